The number of hydrogen-bond acceptors (Lipinski definition) is 5. The number of unbranched alkanes of at least 4 members (excludes halogenated alkanes) is 11. The molecule has 150 valence electrons. The van der Waals surface area contributed by atoms with E-state index in [1.165, 1.54) is 51.4 Å². The van der Waals surface area contributed by atoms with Crippen molar-refractivity contribution < 1.29 is 29.0 Å². The van der Waals surface area contributed by atoms with Crippen molar-refractivity contribution in [2.24, 2.45) is 4.99 Å². The van der Waals surface area contributed by atoms with E-state index in [-0.39, 0.29) is 6.54 Å². The molecule has 0 aromatic heterocycles. The molecule has 0 heterocycles. The molecular formula is C16H36NO6P2+. The summed E-state index contributed by atoms with van der Waals surface area (Å²) in [6.07, 6.45) is 13.4. The average molecular weight is 400 g/mol. The molecule has 25 heavy (non-hydrogen) atoms. The lowest BCUT2D eigenvalue weighted by Gasteiger charge is -2.09. The van der Waals surface area contributed by atoms with Crippen molar-refractivity contribution in [3.8, 4) is 0 Å². The molecule has 5 N–H and O–H groups in total. The van der Waals surface area contributed by atoms with Gasteiger partial charge in [0.1, 0.15) is 0 Å². The van der Waals surface area contributed by atoms with Gasteiger partial charge >= 0.3 is 15.5 Å². The molecule has 0 spiro atoms. The van der Waals surface area contributed by atoms with Gasteiger partial charge in [0.2, 0.25) is 0 Å². The molecule has 0 saturated carbocycles. The van der Waals surface area contributed by atoms with Crippen LogP contribution in [0.15, 0.2) is 4.99 Å². The van der Waals surface area contributed by atoms with Crippen molar-refractivity contribution in [2.75, 3.05) is 12.7 Å². The Kier molecular flexibility index (Phi) is 14.3. The molecule has 9 heteroatoms. The normalized spacial score (nSPS) is 13.4. The Morgan fingerprint density at radius 2 is 1.20 bits per heavy atom. The second-order valence-corrected chi connectivity index (χ2v) is 9.89. The predicted molar refractivity (Wildman–Crippen MR) is 104 cm³/mol. The third-order valence-corrected chi connectivity index (χ3v) is 5.94. The first-order valence-corrected chi connectivity index (χ1v) is 12.8. The topological polar surface area (TPSA) is 131 Å². The standard InChI is InChI=1S/C16H35NO6P2/c1-2-3-4-5-6-7-8-9-10-11-12-13-14-17-16(25(21,22)23)15-24(18,19)20/h18-20H,2-15H2,1H3,(H-,21,22,23)/p+1. The van der Waals surface area contributed by atoms with Crippen molar-refractivity contribution in [3.05, 3.63) is 0 Å². The van der Waals surface area contributed by atoms with E-state index in [4.69, 9.17) is 24.5 Å². The monoisotopic (exact) mass is 400 g/mol. The Balaban J connectivity index is 3.70. The summed E-state index contributed by atoms with van der Waals surface area (Å²) in [5, 5.41) is 0. The minimum atomic E-state index is -4.66. The minimum Gasteiger partial charge on any atom is -0.320 e. The minimum absolute atomic E-state index is 0.220. The van der Waals surface area contributed by atoms with Crippen molar-refractivity contribution >= 4 is 21.0 Å². The molecule has 0 saturated heterocycles. The van der Waals surface area contributed by atoms with Crippen molar-refractivity contribution in [2.45, 2.75) is 84.0 Å². The fourth-order valence-corrected chi connectivity index (χ4v) is 4.65. The largest absolute Gasteiger partial charge is 0.410 e. The first kappa shape index (κ1) is 25.1. The lowest BCUT2D eigenvalue weighted by atomic mass is 10.1. The highest BCUT2D eigenvalue weighted by atomic mass is 31.2. The van der Waals surface area contributed by atoms with Gasteiger partial charge in [-0.15, -0.1) is 0 Å². The van der Waals surface area contributed by atoms with E-state index >= 15 is 0 Å². The summed E-state index contributed by atoms with van der Waals surface area (Å²) < 4.78 is 11.2. The molecule has 0 aromatic carbocycles. The summed E-state index contributed by atoms with van der Waals surface area (Å²) in [5.41, 5.74) is -0.628. The molecule has 0 aliphatic heterocycles. The predicted octanol–water partition coefficient (Wildman–Crippen LogP) is 4.00. The van der Waals surface area contributed by atoms with Gasteiger partial charge in [-0.3, -0.25) is 9.56 Å². The fourth-order valence-electron chi connectivity index (χ4n) is 2.58. The second kappa shape index (κ2) is 14.2. The summed E-state index contributed by atoms with van der Waals surface area (Å²) in [5.74, 6) is 0. The highest BCUT2D eigenvalue weighted by molar-refractivity contribution is 7.74. The summed E-state index contributed by atoms with van der Waals surface area (Å²) in [6.45, 7) is 2.44. The second-order valence-electron chi connectivity index (χ2n) is 6.58. The van der Waals surface area contributed by atoms with Gasteiger partial charge in [-0.05, 0) is 6.42 Å². The number of nitrogens with zero attached hydrogens (tertiary/aromatic N) is 1. The van der Waals surface area contributed by atoms with Crippen LogP contribution in [0.1, 0.15) is 84.0 Å². The first-order valence-electron chi connectivity index (χ1n) is 9.32. The Hall–Kier alpha value is 0.130. The van der Waals surface area contributed by atoms with Crippen LogP contribution >= 0.6 is 15.5 Å². The van der Waals surface area contributed by atoms with Crippen LogP contribution in [0.4, 0.5) is 0 Å². The zero-order valence-electron chi connectivity index (χ0n) is 15.4. The highest BCUT2D eigenvalue weighted by Crippen LogP contribution is 2.50. The Labute approximate surface area is 152 Å². The molecule has 0 fully saturated rings. The van der Waals surface area contributed by atoms with Gasteiger partial charge < -0.3 is 9.79 Å². The van der Waals surface area contributed by atoms with Gasteiger partial charge in [-0.25, -0.2) is 0 Å². The zero-order valence-corrected chi connectivity index (χ0v) is 17.2. The van der Waals surface area contributed by atoms with Crippen LogP contribution in [0.3, 0.4) is 0 Å². The van der Waals surface area contributed by atoms with E-state index in [0.717, 1.165) is 19.3 Å². The smallest absolute Gasteiger partial charge is 0.320 e. The van der Waals surface area contributed by atoms with E-state index in [1.807, 2.05) is 0 Å². The van der Waals surface area contributed by atoms with Crippen LogP contribution < -0.4 is 0 Å². The van der Waals surface area contributed by atoms with Crippen LogP contribution in [0, 0.1) is 0 Å². The van der Waals surface area contributed by atoms with Crippen LogP contribution in [-0.4, -0.2) is 42.6 Å². The zero-order chi connectivity index (χ0) is 19.2. The lowest BCUT2D eigenvalue weighted by molar-refractivity contribution is 0.335. The molecule has 0 atom stereocenters. The first-order chi connectivity index (χ1) is 11.7. The summed E-state index contributed by atoms with van der Waals surface area (Å²) in [6, 6.07) is 0. The third-order valence-electron chi connectivity index (χ3n) is 4.00. The van der Waals surface area contributed by atoms with Gasteiger partial charge in [0.15, 0.2) is 11.6 Å². The molecule has 0 bridgehead atoms. The average Bonchev–Trinajstić information content (AvgIpc) is 2.48. The molecule has 0 aromatic rings. The molecule has 0 unspecified atom stereocenters. The lowest BCUT2D eigenvalue weighted by Crippen LogP contribution is -2.10. The number of hydrogen-bond donors (Lipinski definition) is 5. The van der Waals surface area contributed by atoms with Crippen LogP contribution in [-0.2, 0) is 4.57 Å². The van der Waals surface area contributed by atoms with Crippen molar-refractivity contribution in [1.29, 1.82) is 0 Å². The van der Waals surface area contributed by atoms with Gasteiger partial charge in [0.25, 0.3) is 0 Å². The molecule has 0 amide bonds. The van der Waals surface area contributed by atoms with E-state index in [2.05, 4.69) is 11.9 Å². The summed E-state index contributed by atoms with van der Waals surface area (Å²) in [4.78, 5) is 48.8. The van der Waals surface area contributed by atoms with Crippen molar-refractivity contribution in [1.82, 2.24) is 0 Å². The molecule has 0 aliphatic rings. The Morgan fingerprint density at radius 3 is 1.56 bits per heavy atom. The summed E-state index contributed by atoms with van der Waals surface area (Å²) >= 11 is 0. The van der Waals surface area contributed by atoms with Crippen LogP contribution in [0.2, 0.25) is 0 Å². The van der Waals surface area contributed by atoms with E-state index in [1.54, 1.807) is 0 Å². The third kappa shape index (κ3) is 17.3. The molecule has 0 rings (SSSR count). The fraction of sp³-hybridized carbons (Fsp3) is 0.938. The van der Waals surface area contributed by atoms with Gasteiger partial charge in [0, 0.05) is 6.54 Å². The highest BCUT2D eigenvalue weighted by Gasteiger charge is 2.39. The van der Waals surface area contributed by atoms with Gasteiger partial charge in [0.05, 0.1) is 0 Å². The molecular weight excluding hydrogens is 364 g/mol. The Bertz CT molecular complexity index is 406. The van der Waals surface area contributed by atoms with Crippen molar-refractivity contribution in [3.63, 3.8) is 0 Å². The maximum absolute atomic E-state index is 11.2. The van der Waals surface area contributed by atoms with Gasteiger partial charge in [-0.1, -0.05) is 77.6 Å². The maximum atomic E-state index is 11.2. The van der Waals surface area contributed by atoms with Crippen LogP contribution in [0.25, 0.3) is 0 Å². The molecule has 7 nitrogen and oxygen atoms in total. The Morgan fingerprint density at radius 1 is 0.800 bits per heavy atom. The molecule has 0 radical (unpaired) electrons. The van der Waals surface area contributed by atoms with E-state index in [0.29, 0.717) is 6.42 Å². The number of rotatable bonds is 16. The maximum Gasteiger partial charge on any atom is 0.410 e. The number of aliphatic imine (C=N–C) groups is 1. The summed E-state index contributed by atoms with van der Waals surface area (Å²) in [7, 11) is -8.94. The van der Waals surface area contributed by atoms with Gasteiger partial charge in [-0.2, -0.15) is 14.7 Å². The SMILES string of the molecule is CCCCCCCCCCCCCCN=C(C[P+](O)(O)O)P(=O)(O)O. The van der Waals surface area contributed by atoms with E-state index < -0.39 is 27.2 Å². The van der Waals surface area contributed by atoms with E-state index in [9.17, 15) is 4.57 Å². The molecule has 0 aliphatic carbocycles. The quantitative estimate of drug-likeness (QED) is 0.151. The van der Waals surface area contributed by atoms with Crippen LogP contribution in [0.5, 0.6) is 0 Å².